The van der Waals surface area contributed by atoms with Crippen LogP contribution in [0.3, 0.4) is 0 Å². The minimum Gasteiger partial charge on any atom is -0.480 e. The van der Waals surface area contributed by atoms with E-state index in [0.717, 1.165) is 25.7 Å². The fourth-order valence-corrected chi connectivity index (χ4v) is 2.16. The number of carbonyl (C=O) groups excluding carboxylic acids is 2. The van der Waals surface area contributed by atoms with Crippen LogP contribution < -0.4 is 5.32 Å². The van der Waals surface area contributed by atoms with Gasteiger partial charge in [-0.1, -0.05) is 19.8 Å². The van der Waals surface area contributed by atoms with E-state index in [4.69, 9.17) is 5.11 Å². The third-order valence-electron chi connectivity index (χ3n) is 3.46. The Morgan fingerprint density at radius 1 is 1.33 bits per heavy atom. The summed E-state index contributed by atoms with van der Waals surface area (Å²) in [6.07, 6.45) is 3.10. The highest BCUT2D eigenvalue weighted by Crippen LogP contribution is 2.37. The number of carboxylic acids is 1. The molecule has 102 valence electrons. The first kappa shape index (κ1) is 14.5. The summed E-state index contributed by atoms with van der Waals surface area (Å²) in [6.45, 7) is 1.83. The fourth-order valence-electron chi connectivity index (χ4n) is 2.16. The first-order valence-corrected chi connectivity index (χ1v) is 5.99. The molecule has 2 N–H and O–H groups in total. The van der Waals surface area contributed by atoms with Crippen LogP contribution in [0.2, 0.25) is 0 Å². The molecule has 6 nitrogen and oxygen atoms in total. The maximum Gasteiger partial charge on any atom is 0.326 e. The number of amides is 1. The third-order valence-corrected chi connectivity index (χ3v) is 3.46. The highest BCUT2D eigenvalue weighted by atomic mass is 16.5. The number of hydrogen-bond acceptors (Lipinski definition) is 4. The normalized spacial score (nSPS) is 19.0. The van der Waals surface area contributed by atoms with E-state index in [1.807, 2.05) is 6.92 Å². The summed E-state index contributed by atoms with van der Waals surface area (Å²) in [5.41, 5.74) is -0.510. The molecule has 0 bridgehead atoms. The zero-order valence-electron chi connectivity index (χ0n) is 10.7. The molecule has 0 unspecified atom stereocenters. The van der Waals surface area contributed by atoms with Crippen LogP contribution in [0.1, 0.15) is 39.0 Å². The van der Waals surface area contributed by atoms with Crippen molar-refractivity contribution < 1.29 is 24.2 Å². The lowest BCUT2D eigenvalue weighted by Crippen LogP contribution is -2.47. The van der Waals surface area contributed by atoms with Gasteiger partial charge in [-0.25, -0.2) is 4.79 Å². The minimum atomic E-state index is -1.23. The molecule has 0 aromatic heterocycles. The van der Waals surface area contributed by atoms with Crippen LogP contribution in [-0.4, -0.2) is 36.1 Å². The van der Waals surface area contributed by atoms with Gasteiger partial charge in [0.05, 0.1) is 13.5 Å². The van der Waals surface area contributed by atoms with E-state index in [1.54, 1.807) is 0 Å². The highest BCUT2D eigenvalue weighted by molar-refractivity contribution is 5.89. The number of aliphatic carboxylic acids is 1. The lowest BCUT2D eigenvalue weighted by molar-refractivity contribution is -0.149. The van der Waals surface area contributed by atoms with Crippen molar-refractivity contribution in [3.8, 4) is 0 Å². The second kappa shape index (κ2) is 5.84. The maximum atomic E-state index is 12.0. The predicted molar refractivity (Wildman–Crippen MR) is 62.8 cm³/mol. The minimum absolute atomic E-state index is 0.295. The molecule has 1 aliphatic carbocycles. The lowest BCUT2D eigenvalue weighted by Gasteiger charge is -2.24. The summed E-state index contributed by atoms with van der Waals surface area (Å²) in [7, 11) is 1.18. The average Bonchev–Trinajstić information content (AvgIpc) is 2.76. The van der Waals surface area contributed by atoms with E-state index >= 15 is 0 Å². The van der Waals surface area contributed by atoms with Gasteiger partial charge in [0.15, 0.2) is 0 Å². The predicted octanol–water partition coefficient (Wildman–Crippen LogP) is 0.699. The molecule has 18 heavy (non-hydrogen) atoms. The number of esters is 1. The standard InChI is InChI=1S/C12H19NO5/c1-12(5-3-4-6-12)11(17)13-8(10(15)16)7-9(14)18-2/h8H,3-7H2,1-2H3,(H,13,17)(H,15,16)/t8-/m0/s1. The topological polar surface area (TPSA) is 92.7 Å². The van der Waals surface area contributed by atoms with Gasteiger partial charge in [0.1, 0.15) is 6.04 Å². The summed E-state index contributed by atoms with van der Waals surface area (Å²) < 4.78 is 4.41. The third kappa shape index (κ3) is 3.45. The molecule has 1 fully saturated rings. The number of carboxylic acid groups (broad SMARTS) is 1. The highest BCUT2D eigenvalue weighted by Gasteiger charge is 2.38. The van der Waals surface area contributed by atoms with Gasteiger partial charge in [0.2, 0.25) is 5.91 Å². The number of ether oxygens (including phenoxy) is 1. The van der Waals surface area contributed by atoms with Crippen molar-refractivity contribution in [2.75, 3.05) is 7.11 Å². The molecule has 0 heterocycles. The number of hydrogen-bond donors (Lipinski definition) is 2. The lowest BCUT2D eigenvalue weighted by atomic mass is 9.87. The molecular weight excluding hydrogens is 238 g/mol. The van der Waals surface area contributed by atoms with Crippen LogP contribution in [0.25, 0.3) is 0 Å². The average molecular weight is 257 g/mol. The summed E-state index contributed by atoms with van der Waals surface area (Å²) in [6, 6.07) is -1.22. The molecule has 0 aromatic carbocycles. The zero-order chi connectivity index (χ0) is 13.8. The van der Waals surface area contributed by atoms with Crippen LogP contribution in [-0.2, 0) is 19.1 Å². The van der Waals surface area contributed by atoms with Crippen LogP contribution in [0.15, 0.2) is 0 Å². The SMILES string of the molecule is COC(=O)C[C@H](NC(=O)C1(C)CCCC1)C(=O)O. The van der Waals surface area contributed by atoms with Gasteiger partial charge in [-0.3, -0.25) is 9.59 Å². The second-order valence-electron chi connectivity index (χ2n) is 4.91. The van der Waals surface area contributed by atoms with Gasteiger partial charge < -0.3 is 15.2 Å². The van der Waals surface area contributed by atoms with Crippen molar-refractivity contribution in [3.05, 3.63) is 0 Å². The molecule has 0 aromatic rings. The Morgan fingerprint density at radius 2 is 1.89 bits per heavy atom. The molecule has 6 heteroatoms. The molecule has 0 aliphatic heterocycles. The molecule has 1 aliphatic rings. The molecule has 1 amide bonds. The molecular formula is C12H19NO5. The monoisotopic (exact) mass is 257 g/mol. The molecule has 0 spiro atoms. The van der Waals surface area contributed by atoms with Gasteiger partial charge >= 0.3 is 11.9 Å². The second-order valence-corrected chi connectivity index (χ2v) is 4.91. The van der Waals surface area contributed by atoms with Gasteiger partial charge in [-0.05, 0) is 12.8 Å². The fraction of sp³-hybridized carbons (Fsp3) is 0.750. The Morgan fingerprint density at radius 3 is 2.33 bits per heavy atom. The number of rotatable bonds is 5. The van der Waals surface area contributed by atoms with Crippen molar-refractivity contribution in [2.45, 2.75) is 45.1 Å². The Labute approximate surface area is 106 Å². The smallest absolute Gasteiger partial charge is 0.326 e. The van der Waals surface area contributed by atoms with Crippen LogP contribution in [0, 0.1) is 5.41 Å². The van der Waals surface area contributed by atoms with E-state index in [9.17, 15) is 14.4 Å². The number of carbonyl (C=O) groups is 3. The summed E-state index contributed by atoms with van der Waals surface area (Å²) in [5.74, 6) is -2.18. The molecule has 0 radical (unpaired) electrons. The quantitative estimate of drug-likeness (QED) is 0.707. The van der Waals surface area contributed by atoms with Crippen LogP contribution in [0.4, 0.5) is 0 Å². The summed E-state index contributed by atoms with van der Waals surface area (Å²) in [4.78, 5) is 34.1. The van der Waals surface area contributed by atoms with Gasteiger partial charge in [0.25, 0.3) is 0 Å². The van der Waals surface area contributed by atoms with Crippen molar-refractivity contribution in [2.24, 2.45) is 5.41 Å². The van der Waals surface area contributed by atoms with E-state index in [0.29, 0.717) is 0 Å². The molecule has 1 rings (SSSR count). The first-order valence-electron chi connectivity index (χ1n) is 5.99. The Hall–Kier alpha value is -1.59. The molecule has 0 saturated heterocycles. The van der Waals surface area contributed by atoms with E-state index in [-0.39, 0.29) is 12.3 Å². The van der Waals surface area contributed by atoms with Crippen molar-refractivity contribution in [3.63, 3.8) is 0 Å². The van der Waals surface area contributed by atoms with E-state index in [2.05, 4.69) is 10.1 Å². The van der Waals surface area contributed by atoms with Gasteiger partial charge in [0, 0.05) is 5.41 Å². The van der Waals surface area contributed by atoms with E-state index < -0.39 is 23.4 Å². The Kier molecular flexibility index (Phi) is 4.69. The van der Waals surface area contributed by atoms with Crippen molar-refractivity contribution in [1.29, 1.82) is 0 Å². The first-order chi connectivity index (χ1) is 8.39. The van der Waals surface area contributed by atoms with Crippen molar-refractivity contribution in [1.82, 2.24) is 5.32 Å². The summed E-state index contributed by atoms with van der Waals surface area (Å²) in [5, 5.41) is 11.4. The van der Waals surface area contributed by atoms with Gasteiger partial charge in [-0.15, -0.1) is 0 Å². The van der Waals surface area contributed by atoms with Crippen molar-refractivity contribution >= 4 is 17.8 Å². The zero-order valence-corrected chi connectivity index (χ0v) is 10.7. The molecule has 1 atom stereocenters. The Bertz CT molecular complexity index is 346. The number of methoxy groups -OCH3 is 1. The number of nitrogens with one attached hydrogen (secondary N) is 1. The largest absolute Gasteiger partial charge is 0.480 e. The summed E-state index contributed by atoms with van der Waals surface area (Å²) >= 11 is 0. The Balaban J connectivity index is 2.63. The maximum absolute atomic E-state index is 12.0. The van der Waals surface area contributed by atoms with Gasteiger partial charge in [-0.2, -0.15) is 0 Å². The van der Waals surface area contributed by atoms with E-state index in [1.165, 1.54) is 7.11 Å². The van der Waals surface area contributed by atoms with Crippen LogP contribution >= 0.6 is 0 Å². The van der Waals surface area contributed by atoms with Crippen LogP contribution in [0.5, 0.6) is 0 Å². The molecule has 1 saturated carbocycles.